The first-order valence-electron chi connectivity index (χ1n) is 9.14. The number of carbonyl (C=O) groups is 1. The van der Waals surface area contributed by atoms with Gasteiger partial charge in [-0.2, -0.15) is 13.2 Å². The molecular formula is C19H18F6N4O. The molecule has 0 saturated carbocycles. The number of halogens is 6. The molecule has 3 rings (SSSR count). The molecule has 0 spiro atoms. The van der Waals surface area contributed by atoms with Gasteiger partial charge in [-0.05, 0) is 42.9 Å². The average Bonchev–Trinajstić information content (AvgIpc) is 2.70. The highest BCUT2D eigenvalue weighted by Gasteiger charge is 2.36. The van der Waals surface area contributed by atoms with Gasteiger partial charge in [0, 0.05) is 31.4 Å². The predicted molar refractivity (Wildman–Crippen MR) is 93.7 cm³/mol. The minimum absolute atomic E-state index is 0.0834. The van der Waals surface area contributed by atoms with Crippen molar-refractivity contribution in [2.45, 2.75) is 31.5 Å². The van der Waals surface area contributed by atoms with Crippen LogP contribution in [0.4, 0.5) is 26.3 Å². The molecule has 0 unspecified atom stereocenters. The Bertz CT molecular complexity index is 928. The first-order valence-corrected chi connectivity index (χ1v) is 9.14. The number of piperidine rings is 1. The Labute approximate surface area is 167 Å². The van der Waals surface area contributed by atoms with E-state index >= 15 is 0 Å². The zero-order valence-corrected chi connectivity index (χ0v) is 15.6. The van der Waals surface area contributed by atoms with Crippen molar-refractivity contribution in [2.75, 3.05) is 13.1 Å². The fourth-order valence-electron chi connectivity index (χ4n) is 3.49. The molecule has 2 heterocycles. The zero-order valence-electron chi connectivity index (χ0n) is 15.6. The number of hydrogen-bond acceptors (Lipinski definition) is 4. The lowest BCUT2D eigenvalue weighted by atomic mass is 9.86. The smallest absolute Gasteiger partial charge is 0.337 e. The number of nitrogens with zero attached hydrogens (tertiary/aromatic N) is 3. The number of likely N-dealkylation sites (tertiary alicyclic amines) is 1. The van der Waals surface area contributed by atoms with Crippen LogP contribution in [0.3, 0.4) is 0 Å². The minimum Gasteiger partial charge on any atom is -0.337 e. The molecule has 1 fully saturated rings. The van der Waals surface area contributed by atoms with Crippen molar-refractivity contribution in [1.29, 1.82) is 0 Å². The van der Waals surface area contributed by atoms with Crippen LogP contribution < -0.4 is 5.73 Å². The Morgan fingerprint density at radius 1 is 1.20 bits per heavy atom. The normalized spacial score (nSPS) is 16.6. The molecule has 2 N–H and O–H groups in total. The Morgan fingerprint density at radius 2 is 1.87 bits per heavy atom. The fraction of sp³-hybridized carbons (Fsp3) is 0.421. The second kappa shape index (κ2) is 8.58. The lowest BCUT2D eigenvalue weighted by Crippen LogP contribution is -2.44. The Hall–Kier alpha value is -2.69. The van der Waals surface area contributed by atoms with Crippen molar-refractivity contribution in [2.24, 2.45) is 11.7 Å². The van der Waals surface area contributed by atoms with Gasteiger partial charge in [-0.1, -0.05) is 0 Å². The van der Waals surface area contributed by atoms with Gasteiger partial charge in [-0.25, -0.2) is 23.1 Å². The molecule has 1 aromatic heterocycles. The predicted octanol–water partition coefficient (Wildman–Crippen LogP) is 3.33. The Kier molecular flexibility index (Phi) is 6.30. The second-order valence-corrected chi connectivity index (χ2v) is 7.12. The van der Waals surface area contributed by atoms with E-state index in [1.807, 2.05) is 0 Å². The first kappa shape index (κ1) is 22.0. The quantitative estimate of drug-likeness (QED) is 0.594. The monoisotopic (exact) mass is 432 g/mol. The topological polar surface area (TPSA) is 72.1 Å². The van der Waals surface area contributed by atoms with Gasteiger partial charge < -0.3 is 10.6 Å². The van der Waals surface area contributed by atoms with E-state index in [-0.39, 0.29) is 36.7 Å². The van der Waals surface area contributed by atoms with E-state index in [0.717, 1.165) is 18.3 Å². The summed E-state index contributed by atoms with van der Waals surface area (Å²) < 4.78 is 78.7. The molecule has 0 radical (unpaired) electrons. The van der Waals surface area contributed by atoms with Gasteiger partial charge in [0.15, 0.2) is 11.6 Å². The largest absolute Gasteiger partial charge is 0.451 e. The molecule has 5 nitrogen and oxygen atoms in total. The fourth-order valence-corrected chi connectivity index (χ4v) is 3.49. The number of nitrogens with two attached hydrogens (primary N) is 1. The van der Waals surface area contributed by atoms with Crippen molar-refractivity contribution in [3.63, 3.8) is 0 Å². The van der Waals surface area contributed by atoms with Crippen molar-refractivity contribution in [3.05, 3.63) is 58.9 Å². The summed E-state index contributed by atoms with van der Waals surface area (Å²) in [6.07, 6.45) is -3.16. The summed E-state index contributed by atoms with van der Waals surface area (Å²) in [6, 6.07) is 1.85. The summed E-state index contributed by atoms with van der Waals surface area (Å²) >= 11 is 0. The van der Waals surface area contributed by atoms with Crippen molar-refractivity contribution >= 4 is 5.91 Å². The molecule has 2 aromatic rings. The number of alkyl halides is 3. The first-order chi connectivity index (χ1) is 14.1. The molecule has 0 aliphatic carbocycles. The average molecular weight is 432 g/mol. The van der Waals surface area contributed by atoms with Gasteiger partial charge in [0.1, 0.15) is 11.5 Å². The van der Waals surface area contributed by atoms with Gasteiger partial charge in [-0.15, -0.1) is 0 Å². The van der Waals surface area contributed by atoms with E-state index < -0.39 is 41.4 Å². The highest BCUT2D eigenvalue weighted by molar-refractivity contribution is 5.92. The molecule has 1 aromatic carbocycles. The van der Waals surface area contributed by atoms with E-state index in [1.54, 1.807) is 0 Å². The number of benzene rings is 1. The van der Waals surface area contributed by atoms with Gasteiger partial charge in [-0.3, -0.25) is 4.79 Å². The van der Waals surface area contributed by atoms with Crippen LogP contribution in [-0.2, 0) is 12.6 Å². The molecule has 1 amide bonds. The van der Waals surface area contributed by atoms with Crippen LogP contribution >= 0.6 is 0 Å². The van der Waals surface area contributed by atoms with Crippen LogP contribution in [0.5, 0.6) is 0 Å². The highest BCUT2D eigenvalue weighted by atomic mass is 19.4. The SMILES string of the molecule is N[C@H](Cc1cc(F)cc(F)c1F)C1CCN(C(=O)c2ccnc(C(F)(F)F)n2)CC1. The maximum atomic E-state index is 13.8. The van der Waals surface area contributed by atoms with Crippen molar-refractivity contribution in [3.8, 4) is 0 Å². The molecule has 1 aliphatic heterocycles. The van der Waals surface area contributed by atoms with Gasteiger partial charge in [0.25, 0.3) is 5.91 Å². The summed E-state index contributed by atoms with van der Waals surface area (Å²) in [4.78, 5) is 20.2. The third kappa shape index (κ3) is 4.89. The minimum atomic E-state index is -4.76. The molecule has 30 heavy (non-hydrogen) atoms. The van der Waals surface area contributed by atoms with E-state index in [2.05, 4.69) is 9.97 Å². The van der Waals surface area contributed by atoms with Crippen molar-refractivity contribution < 1.29 is 31.1 Å². The number of carbonyl (C=O) groups excluding carboxylic acids is 1. The summed E-state index contributed by atoms with van der Waals surface area (Å²) in [7, 11) is 0. The number of rotatable bonds is 4. The lowest BCUT2D eigenvalue weighted by molar-refractivity contribution is -0.145. The Balaban J connectivity index is 1.61. The Morgan fingerprint density at radius 3 is 2.50 bits per heavy atom. The molecule has 1 aliphatic rings. The van der Waals surface area contributed by atoms with E-state index in [4.69, 9.17) is 5.73 Å². The van der Waals surface area contributed by atoms with Gasteiger partial charge >= 0.3 is 6.18 Å². The van der Waals surface area contributed by atoms with Crippen LogP contribution in [0.15, 0.2) is 24.4 Å². The highest BCUT2D eigenvalue weighted by Crippen LogP contribution is 2.27. The maximum absolute atomic E-state index is 13.8. The summed E-state index contributed by atoms with van der Waals surface area (Å²) in [5.41, 5.74) is 5.56. The molecule has 1 atom stereocenters. The summed E-state index contributed by atoms with van der Waals surface area (Å²) in [5.74, 6) is -5.55. The maximum Gasteiger partial charge on any atom is 0.451 e. The lowest BCUT2D eigenvalue weighted by Gasteiger charge is -2.34. The summed E-state index contributed by atoms with van der Waals surface area (Å²) in [5, 5.41) is 0. The van der Waals surface area contributed by atoms with Crippen molar-refractivity contribution in [1.82, 2.24) is 14.9 Å². The van der Waals surface area contributed by atoms with Gasteiger partial charge in [0.05, 0.1) is 0 Å². The summed E-state index contributed by atoms with van der Waals surface area (Å²) in [6.45, 7) is 0.422. The van der Waals surface area contributed by atoms with Gasteiger partial charge in [0.2, 0.25) is 5.82 Å². The number of amides is 1. The zero-order chi connectivity index (χ0) is 22.1. The third-order valence-corrected chi connectivity index (χ3v) is 5.08. The molecular weight excluding hydrogens is 414 g/mol. The molecule has 0 bridgehead atoms. The molecule has 162 valence electrons. The number of hydrogen-bond donors (Lipinski definition) is 1. The standard InChI is InChI=1S/C19H18F6N4O/c20-12-7-11(16(22)13(21)9-12)8-14(26)10-2-5-29(6-3-10)17(30)15-1-4-27-18(28-15)19(23,24)25/h1,4,7,9-10,14H,2-3,5-6,8,26H2/t14-/m1/s1. The van der Waals surface area contributed by atoms with E-state index in [9.17, 15) is 31.1 Å². The van der Waals surface area contributed by atoms with Crippen LogP contribution in [0.25, 0.3) is 0 Å². The number of aromatic nitrogens is 2. The van der Waals surface area contributed by atoms with Crippen LogP contribution in [0, 0.1) is 23.4 Å². The van der Waals surface area contributed by atoms with E-state index in [1.165, 1.54) is 4.90 Å². The van der Waals surface area contributed by atoms with Crippen LogP contribution in [-0.4, -0.2) is 39.9 Å². The second-order valence-electron chi connectivity index (χ2n) is 7.12. The van der Waals surface area contributed by atoms with E-state index in [0.29, 0.717) is 18.9 Å². The van der Waals surface area contributed by atoms with Crippen LogP contribution in [0.1, 0.15) is 34.7 Å². The van der Waals surface area contributed by atoms with Crippen LogP contribution in [0.2, 0.25) is 0 Å². The third-order valence-electron chi connectivity index (χ3n) is 5.08. The molecule has 11 heteroatoms. The molecule has 1 saturated heterocycles.